The summed E-state index contributed by atoms with van der Waals surface area (Å²) in [6, 6.07) is 0. The third-order valence-corrected chi connectivity index (χ3v) is 1.02. The van der Waals surface area contributed by atoms with Crippen LogP contribution in [0.15, 0.2) is 0 Å². The summed E-state index contributed by atoms with van der Waals surface area (Å²) in [5.41, 5.74) is -3.79. The third kappa shape index (κ3) is 1.79. The Kier molecular flexibility index (Phi) is 2.44. The monoisotopic (exact) mass is 176 g/mol. The zero-order chi connectivity index (χ0) is 9.28. The molecule has 66 valence electrons. The van der Waals surface area contributed by atoms with Crippen molar-refractivity contribution in [2.75, 3.05) is 0 Å². The molecule has 0 bridgehead atoms. The van der Waals surface area contributed by atoms with Gasteiger partial charge >= 0.3 is 12.1 Å². The molecule has 3 nitrogen and oxygen atoms in total. The number of aliphatic hydroxyl groups is 1. The van der Waals surface area contributed by atoms with Crippen LogP contribution in [0.1, 0.15) is 6.92 Å². The van der Waals surface area contributed by atoms with Crippen molar-refractivity contribution in [3.63, 3.8) is 0 Å². The molecule has 1 unspecified atom stereocenters. The van der Waals surface area contributed by atoms with Gasteiger partial charge in [-0.3, -0.25) is 4.94 Å². The van der Waals surface area contributed by atoms with Crippen molar-refractivity contribution < 1.29 is 32.5 Å². The normalized spacial score (nSPS) is 17.3. The first-order valence-electron chi connectivity index (χ1n) is 2.35. The van der Waals surface area contributed by atoms with Gasteiger partial charge < -0.3 is 5.11 Å². The standard InChI is InChI=1S/C4H4F4O3/c1-3(10,2(9)11-8)4(5,6)7/h10H,1H3. The summed E-state index contributed by atoms with van der Waals surface area (Å²) in [5.74, 6) is -2.38. The van der Waals surface area contributed by atoms with Crippen LogP contribution in [0.3, 0.4) is 0 Å². The van der Waals surface area contributed by atoms with Gasteiger partial charge in [0.1, 0.15) is 0 Å². The van der Waals surface area contributed by atoms with Crippen molar-refractivity contribution in [3.8, 4) is 0 Å². The van der Waals surface area contributed by atoms with Crippen LogP contribution < -0.4 is 0 Å². The fourth-order valence-electron chi connectivity index (χ4n) is 0.191. The van der Waals surface area contributed by atoms with Gasteiger partial charge in [-0.1, -0.05) is 0 Å². The second kappa shape index (κ2) is 2.65. The molecular weight excluding hydrogens is 172 g/mol. The summed E-state index contributed by atoms with van der Waals surface area (Å²) in [6.45, 7) is 0.0922. The molecule has 0 saturated heterocycles. The molecule has 0 aliphatic carbocycles. The Balaban J connectivity index is 4.59. The van der Waals surface area contributed by atoms with Gasteiger partial charge in [0.05, 0.1) is 0 Å². The van der Waals surface area contributed by atoms with Crippen molar-refractivity contribution >= 4 is 5.97 Å². The van der Waals surface area contributed by atoms with Gasteiger partial charge in [0.25, 0.3) is 5.60 Å². The summed E-state index contributed by atoms with van der Waals surface area (Å²) in [6.07, 6.45) is -5.24. The predicted octanol–water partition coefficient (Wildman–Crippen LogP) is 0.727. The van der Waals surface area contributed by atoms with Crippen LogP contribution in [0, 0.1) is 0 Å². The molecular formula is C4H4F4O3. The fourth-order valence-corrected chi connectivity index (χ4v) is 0.191. The summed E-state index contributed by atoms with van der Waals surface area (Å²) in [4.78, 5) is 12.1. The van der Waals surface area contributed by atoms with Gasteiger partial charge in [-0.25, -0.2) is 4.79 Å². The number of alkyl halides is 3. The first kappa shape index (κ1) is 10.2. The quantitative estimate of drug-likeness (QED) is 0.599. The number of halogens is 4. The lowest BCUT2D eigenvalue weighted by Gasteiger charge is -2.20. The third-order valence-electron chi connectivity index (χ3n) is 1.02. The highest BCUT2D eigenvalue weighted by Gasteiger charge is 2.57. The van der Waals surface area contributed by atoms with E-state index < -0.39 is 17.7 Å². The summed E-state index contributed by atoms with van der Waals surface area (Å²) in [5, 5.41) is 8.28. The Labute approximate surface area is 58.5 Å². The van der Waals surface area contributed by atoms with E-state index >= 15 is 0 Å². The summed E-state index contributed by atoms with van der Waals surface area (Å²) < 4.78 is 45.6. The summed E-state index contributed by atoms with van der Waals surface area (Å²) >= 11 is 0. The van der Waals surface area contributed by atoms with E-state index in [0.29, 0.717) is 0 Å². The van der Waals surface area contributed by atoms with Crippen LogP contribution in [-0.2, 0) is 9.74 Å². The zero-order valence-corrected chi connectivity index (χ0v) is 5.28. The molecule has 1 N–H and O–H groups in total. The molecule has 11 heavy (non-hydrogen) atoms. The zero-order valence-electron chi connectivity index (χ0n) is 5.28. The molecule has 0 saturated carbocycles. The number of rotatable bonds is 1. The van der Waals surface area contributed by atoms with E-state index in [2.05, 4.69) is 4.94 Å². The van der Waals surface area contributed by atoms with Gasteiger partial charge in [-0.2, -0.15) is 13.2 Å². The first-order valence-corrected chi connectivity index (χ1v) is 2.35. The highest BCUT2D eigenvalue weighted by molar-refractivity contribution is 5.79. The molecule has 0 aliphatic heterocycles. The van der Waals surface area contributed by atoms with Gasteiger partial charge in [0, 0.05) is 4.53 Å². The smallest absolute Gasteiger partial charge is 0.371 e. The molecule has 0 radical (unpaired) electrons. The average Bonchev–Trinajstić information content (AvgIpc) is 1.83. The molecule has 1 atom stereocenters. The van der Waals surface area contributed by atoms with E-state index in [1.54, 1.807) is 0 Å². The lowest BCUT2D eigenvalue weighted by molar-refractivity contribution is -0.272. The minimum atomic E-state index is -5.24. The van der Waals surface area contributed by atoms with Crippen LogP contribution in [-0.4, -0.2) is 22.9 Å². The van der Waals surface area contributed by atoms with Crippen LogP contribution in [0.25, 0.3) is 0 Å². The SMILES string of the molecule is CC(O)(C(=O)OF)C(F)(F)F. The van der Waals surface area contributed by atoms with Crippen LogP contribution in [0.2, 0.25) is 0 Å². The van der Waals surface area contributed by atoms with E-state index in [4.69, 9.17) is 5.11 Å². The van der Waals surface area contributed by atoms with E-state index in [9.17, 15) is 22.5 Å². The molecule has 0 aliphatic rings. The van der Waals surface area contributed by atoms with Gasteiger partial charge in [0.15, 0.2) is 0 Å². The maximum Gasteiger partial charge on any atom is 0.428 e. The fraction of sp³-hybridized carbons (Fsp3) is 0.750. The molecule has 0 rings (SSSR count). The second-order valence-electron chi connectivity index (χ2n) is 1.93. The van der Waals surface area contributed by atoms with E-state index in [0.717, 1.165) is 0 Å². The van der Waals surface area contributed by atoms with Crippen LogP contribution in [0.5, 0.6) is 0 Å². The Morgan fingerprint density at radius 1 is 1.45 bits per heavy atom. The molecule has 0 aromatic heterocycles. The number of hydrogen-bond acceptors (Lipinski definition) is 3. The van der Waals surface area contributed by atoms with Crippen molar-refractivity contribution in [2.24, 2.45) is 0 Å². The van der Waals surface area contributed by atoms with Crippen molar-refractivity contribution in [2.45, 2.75) is 18.7 Å². The lowest BCUT2D eigenvalue weighted by Crippen LogP contribution is -2.49. The molecule has 0 amide bonds. The summed E-state index contributed by atoms with van der Waals surface area (Å²) in [7, 11) is 0. The van der Waals surface area contributed by atoms with Crippen LogP contribution in [0.4, 0.5) is 17.7 Å². The minimum Gasteiger partial charge on any atom is -0.371 e. The molecule has 0 heterocycles. The predicted molar refractivity (Wildman–Crippen MR) is 23.9 cm³/mol. The maximum atomic E-state index is 11.6. The van der Waals surface area contributed by atoms with Crippen molar-refractivity contribution in [1.29, 1.82) is 0 Å². The number of carbonyl (C=O) groups is 1. The topological polar surface area (TPSA) is 46.5 Å². The molecule has 7 heteroatoms. The van der Waals surface area contributed by atoms with Crippen molar-refractivity contribution in [1.82, 2.24) is 0 Å². The highest BCUT2D eigenvalue weighted by Crippen LogP contribution is 2.30. The lowest BCUT2D eigenvalue weighted by atomic mass is 10.1. The van der Waals surface area contributed by atoms with E-state index in [1.165, 1.54) is 0 Å². The van der Waals surface area contributed by atoms with Gasteiger partial charge in [0.2, 0.25) is 0 Å². The Hall–Kier alpha value is -0.850. The van der Waals surface area contributed by atoms with E-state index in [1.807, 2.05) is 0 Å². The molecule has 0 aromatic carbocycles. The van der Waals surface area contributed by atoms with Crippen LogP contribution >= 0.6 is 0 Å². The maximum absolute atomic E-state index is 11.6. The minimum absolute atomic E-state index is 0.0922. The number of carbonyl (C=O) groups excluding carboxylic acids is 1. The Morgan fingerprint density at radius 2 is 1.82 bits per heavy atom. The number of hydrogen-bond donors (Lipinski definition) is 1. The van der Waals surface area contributed by atoms with Gasteiger partial charge in [-0.05, 0) is 6.92 Å². The van der Waals surface area contributed by atoms with Crippen molar-refractivity contribution in [3.05, 3.63) is 0 Å². The largest absolute Gasteiger partial charge is 0.428 e. The molecule has 0 aromatic rings. The first-order chi connectivity index (χ1) is 4.73. The Morgan fingerprint density at radius 3 is 1.91 bits per heavy atom. The average molecular weight is 176 g/mol. The molecule has 0 spiro atoms. The van der Waals surface area contributed by atoms with E-state index in [-0.39, 0.29) is 6.92 Å². The molecule has 0 fully saturated rings. The Bertz CT molecular complexity index is 161. The second-order valence-corrected chi connectivity index (χ2v) is 1.93. The van der Waals surface area contributed by atoms with Gasteiger partial charge in [-0.15, -0.1) is 0 Å². The highest BCUT2D eigenvalue weighted by atomic mass is 19.4.